The predicted molar refractivity (Wildman–Crippen MR) is 77.5 cm³/mol. The van der Waals surface area contributed by atoms with Crippen LogP contribution in [0.25, 0.3) is 0 Å². The first-order chi connectivity index (χ1) is 10.1. The van der Waals surface area contributed by atoms with Crippen LogP contribution < -0.4 is 14.8 Å². The zero-order valence-electron chi connectivity index (χ0n) is 12.3. The number of nitrogens with one attached hydrogen (secondary N) is 1. The summed E-state index contributed by atoms with van der Waals surface area (Å²) in [5.41, 5.74) is 0. The standard InChI is InChI=1S/C15H21NO5/c1-3-4-11(15(18)19)9-16-14(17)10-21-13-7-5-12(20-2)6-8-13/h5-8,11H,3-4,9-10H2,1-2H3,(H,16,17)(H,18,19). The second-order valence-corrected chi connectivity index (χ2v) is 4.59. The summed E-state index contributed by atoms with van der Waals surface area (Å²) < 4.78 is 10.3. The number of carboxylic acids is 1. The summed E-state index contributed by atoms with van der Waals surface area (Å²) in [6, 6.07) is 6.86. The van der Waals surface area contributed by atoms with Gasteiger partial charge in [-0.25, -0.2) is 0 Å². The summed E-state index contributed by atoms with van der Waals surface area (Å²) in [7, 11) is 1.57. The molecule has 1 rings (SSSR count). The molecule has 1 amide bonds. The van der Waals surface area contributed by atoms with E-state index in [1.807, 2.05) is 6.92 Å². The Balaban J connectivity index is 2.34. The molecule has 0 aliphatic carbocycles. The van der Waals surface area contributed by atoms with Crippen LogP contribution in [0.3, 0.4) is 0 Å². The normalized spacial score (nSPS) is 11.5. The van der Waals surface area contributed by atoms with Gasteiger partial charge in [-0.05, 0) is 30.7 Å². The molecule has 0 radical (unpaired) electrons. The van der Waals surface area contributed by atoms with Gasteiger partial charge in [-0.1, -0.05) is 13.3 Å². The number of carboxylic acid groups (broad SMARTS) is 1. The molecule has 1 aromatic carbocycles. The van der Waals surface area contributed by atoms with E-state index in [0.29, 0.717) is 17.9 Å². The highest BCUT2D eigenvalue weighted by molar-refractivity contribution is 5.78. The van der Waals surface area contributed by atoms with E-state index in [9.17, 15) is 9.59 Å². The van der Waals surface area contributed by atoms with Crippen molar-refractivity contribution in [3.05, 3.63) is 24.3 Å². The number of aliphatic carboxylic acids is 1. The van der Waals surface area contributed by atoms with Gasteiger partial charge in [-0.3, -0.25) is 9.59 Å². The number of carbonyl (C=O) groups is 2. The van der Waals surface area contributed by atoms with E-state index in [4.69, 9.17) is 14.6 Å². The van der Waals surface area contributed by atoms with E-state index < -0.39 is 11.9 Å². The number of benzene rings is 1. The quantitative estimate of drug-likeness (QED) is 0.724. The van der Waals surface area contributed by atoms with Gasteiger partial charge < -0.3 is 19.9 Å². The number of carbonyl (C=O) groups excluding carboxylic acids is 1. The summed E-state index contributed by atoms with van der Waals surface area (Å²) in [5, 5.41) is 11.6. The molecule has 0 spiro atoms. The van der Waals surface area contributed by atoms with Crippen molar-refractivity contribution in [3.8, 4) is 11.5 Å². The fourth-order valence-corrected chi connectivity index (χ4v) is 1.77. The molecule has 116 valence electrons. The van der Waals surface area contributed by atoms with Crippen molar-refractivity contribution in [1.82, 2.24) is 5.32 Å². The number of hydrogen-bond acceptors (Lipinski definition) is 4. The molecular formula is C15H21NO5. The number of ether oxygens (including phenoxy) is 2. The topological polar surface area (TPSA) is 84.9 Å². The van der Waals surface area contributed by atoms with Crippen molar-refractivity contribution >= 4 is 11.9 Å². The fourth-order valence-electron chi connectivity index (χ4n) is 1.77. The Morgan fingerprint density at radius 2 is 1.86 bits per heavy atom. The molecule has 1 atom stereocenters. The van der Waals surface area contributed by atoms with Gasteiger partial charge in [-0.15, -0.1) is 0 Å². The summed E-state index contributed by atoms with van der Waals surface area (Å²) in [5.74, 6) is -0.536. The van der Waals surface area contributed by atoms with Gasteiger partial charge in [0.15, 0.2) is 6.61 Å². The van der Waals surface area contributed by atoms with Gasteiger partial charge in [0, 0.05) is 6.54 Å². The SMILES string of the molecule is CCCC(CNC(=O)COc1ccc(OC)cc1)C(=O)O. The van der Waals surface area contributed by atoms with Crippen LogP contribution in [0.15, 0.2) is 24.3 Å². The average Bonchev–Trinajstić information content (AvgIpc) is 2.49. The second-order valence-electron chi connectivity index (χ2n) is 4.59. The fraction of sp³-hybridized carbons (Fsp3) is 0.467. The zero-order chi connectivity index (χ0) is 15.7. The molecule has 0 saturated heterocycles. The minimum atomic E-state index is -0.895. The Hall–Kier alpha value is -2.24. The monoisotopic (exact) mass is 295 g/mol. The van der Waals surface area contributed by atoms with E-state index >= 15 is 0 Å². The van der Waals surface area contributed by atoms with Crippen molar-refractivity contribution in [2.75, 3.05) is 20.3 Å². The summed E-state index contributed by atoms with van der Waals surface area (Å²) in [4.78, 5) is 22.6. The molecule has 6 heteroatoms. The second kappa shape index (κ2) is 8.84. The number of hydrogen-bond donors (Lipinski definition) is 2. The van der Waals surface area contributed by atoms with Gasteiger partial charge >= 0.3 is 5.97 Å². The Morgan fingerprint density at radius 1 is 1.24 bits per heavy atom. The van der Waals surface area contributed by atoms with Gasteiger partial charge in [0.05, 0.1) is 13.0 Å². The van der Waals surface area contributed by atoms with E-state index in [-0.39, 0.29) is 19.1 Å². The number of amides is 1. The Bertz CT molecular complexity index is 458. The highest BCUT2D eigenvalue weighted by Gasteiger charge is 2.17. The lowest BCUT2D eigenvalue weighted by Gasteiger charge is -2.12. The van der Waals surface area contributed by atoms with Gasteiger partial charge in [-0.2, -0.15) is 0 Å². The summed E-state index contributed by atoms with van der Waals surface area (Å²) in [6.45, 7) is 1.88. The first-order valence-corrected chi connectivity index (χ1v) is 6.83. The van der Waals surface area contributed by atoms with Crippen LogP contribution in [0.5, 0.6) is 11.5 Å². The van der Waals surface area contributed by atoms with Gasteiger partial charge in [0.25, 0.3) is 5.91 Å². The average molecular weight is 295 g/mol. The molecule has 6 nitrogen and oxygen atoms in total. The maximum Gasteiger partial charge on any atom is 0.308 e. The first-order valence-electron chi connectivity index (χ1n) is 6.83. The van der Waals surface area contributed by atoms with Gasteiger partial charge in [0.1, 0.15) is 11.5 Å². The van der Waals surface area contributed by atoms with Crippen LogP contribution in [-0.2, 0) is 9.59 Å². The summed E-state index contributed by atoms with van der Waals surface area (Å²) in [6.07, 6.45) is 1.30. The molecule has 0 bridgehead atoms. The van der Waals surface area contributed by atoms with E-state index in [1.165, 1.54) is 0 Å². The third-order valence-corrected chi connectivity index (χ3v) is 2.96. The smallest absolute Gasteiger partial charge is 0.308 e. The van der Waals surface area contributed by atoms with Crippen molar-refractivity contribution in [2.24, 2.45) is 5.92 Å². The van der Waals surface area contributed by atoms with E-state index in [1.54, 1.807) is 31.4 Å². The maximum atomic E-state index is 11.6. The minimum absolute atomic E-state index is 0.119. The number of rotatable bonds is 9. The molecule has 0 fully saturated rings. The molecule has 0 aromatic heterocycles. The molecule has 0 aliphatic heterocycles. The highest BCUT2D eigenvalue weighted by Crippen LogP contribution is 2.16. The van der Waals surface area contributed by atoms with Crippen LogP contribution in [0.1, 0.15) is 19.8 Å². The lowest BCUT2D eigenvalue weighted by Crippen LogP contribution is -2.35. The van der Waals surface area contributed by atoms with Crippen LogP contribution in [-0.4, -0.2) is 37.2 Å². The molecule has 2 N–H and O–H groups in total. The Kier molecular flexibility index (Phi) is 7.08. The molecule has 1 aromatic rings. The number of methoxy groups -OCH3 is 1. The lowest BCUT2D eigenvalue weighted by atomic mass is 10.0. The molecule has 0 heterocycles. The largest absolute Gasteiger partial charge is 0.497 e. The maximum absolute atomic E-state index is 11.6. The minimum Gasteiger partial charge on any atom is -0.497 e. The molecule has 21 heavy (non-hydrogen) atoms. The van der Waals surface area contributed by atoms with Crippen LogP contribution >= 0.6 is 0 Å². The third-order valence-electron chi connectivity index (χ3n) is 2.96. The zero-order valence-corrected chi connectivity index (χ0v) is 12.3. The lowest BCUT2D eigenvalue weighted by molar-refractivity contribution is -0.142. The van der Waals surface area contributed by atoms with Crippen molar-refractivity contribution in [3.63, 3.8) is 0 Å². The van der Waals surface area contributed by atoms with Crippen molar-refractivity contribution in [2.45, 2.75) is 19.8 Å². The Morgan fingerprint density at radius 3 is 2.38 bits per heavy atom. The van der Waals surface area contributed by atoms with Crippen molar-refractivity contribution in [1.29, 1.82) is 0 Å². The third kappa shape index (κ3) is 6.16. The molecule has 0 saturated carbocycles. The van der Waals surface area contributed by atoms with Crippen LogP contribution in [0.2, 0.25) is 0 Å². The summed E-state index contributed by atoms with van der Waals surface area (Å²) >= 11 is 0. The van der Waals surface area contributed by atoms with E-state index in [2.05, 4.69) is 5.32 Å². The molecular weight excluding hydrogens is 274 g/mol. The van der Waals surface area contributed by atoms with E-state index in [0.717, 1.165) is 6.42 Å². The van der Waals surface area contributed by atoms with Crippen molar-refractivity contribution < 1.29 is 24.2 Å². The van der Waals surface area contributed by atoms with Gasteiger partial charge in [0.2, 0.25) is 0 Å². The molecule has 1 unspecified atom stereocenters. The van der Waals surface area contributed by atoms with Crippen LogP contribution in [0, 0.1) is 5.92 Å². The first kappa shape index (κ1) is 16.8. The predicted octanol–water partition coefficient (Wildman–Crippen LogP) is 1.69. The van der Waals surface area contributed by atoms with Crippen LogP contribution in [0.4, 0.5) is 0 Å². The highest BCUT2D eigenvalue weighted by atomic mass is 16.5. The molecule has 0 aliphatic rings. The Labute approximate surface area is 124 Å².